The number of anilines is 1. The molecule has 1 spiro atoms. The fourth-order valence-electron chi connectivity index (χ4n) is 3.56. The molecule has 0 unspecified atom stereocenters. The van der Waals surface area contributed by atoms with Crippen LogP contribution >= 0.6 is 11.3 Å². The van der Waals surface area contributed by atoms with Crippen LogP contribution in [0.4, 0.5) is 5.82 Å². The molecule has 6 nitrogen and oxygen atoms in total. The lowest BCUT2D eigenvalue weighted by Gasteiger charge is -2.40. The van der Waals surface area contributed by atoms with Crippen molar-refractivity contribution in [1.29, 1.82) is 0 Å². The summed E-state index contributed by atoms with van der Waals surface area (Å²) in [6, 6.07) is 5.85. The molecule has 0 bridgehead atoms. The van der Waals surface area contributed by atoms with Crippen molar-refractivity contribution in [3.8, 4) is 10.4 Å². The number of thiophene rings is 1. The highest BCUT2D eigenvalue weighted by Gasteiger charge is 2.40. The molecule has 134 valence electrons. The fraction of sp³-hybridized carbons (Fsp3) is 0.471. The van der Waals surface area contributed by atoms with Crippen LogP contribution in [0.3, 0.4) is 0 Å². The second-order valence-corrected chi connectivity index (χ2v) is 9.41. The topological polar surface area (TPSA) is 80.3 Å². The lowest BCUT2D eigenvalue weighted by atomic mass is 9.86. The van der Waals surface area contributed by atoms with Crippen LogP contribution in [0.1, 0.15) is 23.3 Å². The Morgan fingerprint density at radius 2 is 2.12 bits per heavy atom. The van der Waals surface area contributed by atoms with Gasteiger partial charge >= 0.3 is 0 Å². The number of rotatable bonds is 3. The van der Waals surface area contributed by atoms with Crippen molar-refractivity contribution in [2.45, 2.75) is 24.9 Å². The molecule has 2 aliphatic rings. The first-order valence-corrected chi connectivity index (χ1v) is 11.1. The van der Waals surface area contributed by atoms with Crippen LogP contribution < -0.4 is 10.0 Å². The van der Waals surface area contributed by atoms with E-state index in [0.29, 0.717) is 5.82 Å². The van der Waals surface area contributed by atoms with Crippen molar-refractivity contribution in [2.75, 3.05) is 30.7 Å². The van der Waals surface area contributed by atoms with Gasteiger partial charge in [0.2, 0.25) is 10.0 Å². The molecule has 0 atom stereocenters. The zero-order valence-electron chi connectivity index (χ0n) is 14.0. The highest BCUT2D eigenvalue weighted by molar-refractivity contribution is 7.92. The van der Waals surface area contributed by atoms with Gasteiger partial charge in [0.1, 0.15) is 11.4 Å². The molecule has 0 radical (unpaired) electrons. The van der Waals surface area contributed by atoms with Crippen LogP contribution in [-0.2, 0) is 26.8 Å². The SMILES string of the molecule is CS(=O)(=O)Nc1ccc(-c2cc3c(s2)C2(CCNCC2)OCC3)cn1. The number of aromatic nitrogens is 1. The fourth-order valence-corrected chi connectivity index (χ4v) is 5.46. The molecule has 4 heterocycles. The maximum Gasteiger partial charge on any atom is 0.230 e. The van der Waals surface area contributed by atoms with Gasteiger partial charge < -0.3 is 10.1 Å². The van der Waals surface area contributed by atoms with Crippen molar-refractivity contribution < 1.29 is 13.2 Å². The first-order valence-electron chi connectivity index (χ1n) is 8.37. The third-order valence-electron chi connectivity index (χ3n) is 4.72. The van der Waals surface area contributed by atoms with Gasteiger partial charge in [0.25, 0.3) is 0 Å². The molecule has 0 amide bonds. The van der Waals surface area contributed by atoms with Crippen molar-refractivity contribution in [1.82, 2.24) is 10.3 Å². The quantitative estimate of drug-likeness (QED) is 0.856. The minimum absolute atomic E-state index is 0.132. The Hall–Kier alpha value is -1.48. The van der Waals surface area contributed by atoms with Crippen LogP contribution in [0.15, 0.2) is 24.4 Å². The van der Waals surface area contributed by atoms with Gasteiger partial charge in [-0.1, -0.05) is 0 Å². The number of fused-ring (bicyclic) bond motifs is 2. The molecule has 8 heteroatoms. The average molecular weight is 380 g/mol. The molecule has 2 aliphatic heterocycles. The van der Waals surface area contributed by atoms with E-state index >= 15 is 0 Å². The first kappa shape index (κ1) is 17.0. The molecular formula is C17H21N3O3S2. The Labute approximate surface area is 151 Å². The molecule has 1 saturated heterocycles. The van der Waals surface area contributed by atoms with E-state index in [1.165, 1.54) is 10.4 Å². The molecule has 2 aromatic heterocycles. The van der Waals surface area contributed by atoms with E-state index < -0.39 is 10.0 Å². The van der Waals surface area contributed by atoms with Gasteiger partial charge in [-0.05, 0) is 56.1 Å². The highest BCUT2D eigenvalue weighted by atomic mass is 32.2. The summed E-state index contributed by atoms with van der Waals surface area (Å²) in [6.45, 7) is 2.75. The Morgan fingerprint density at radius 3 is 2.80 bits per heavy atom. The summed E-state index contributed by atoms with van der Waals surface area (Å²) >= 11 is 1.78. The van der Waals surface area contributed by atoms with Crippen LogP contribution in [-0.4, -0.2) is 39.4 Å². The summed E-state index contributed by atoms with van der Waals surface area (Å²) in [6.07, 6.45) is 5.81. The van der Waals surface area contributed by atoms with Crippen LogP contribution in [0.25, 0.3) is 10.4 Å². The second-order valence-electron chi connectivity index (χ2n) is 6.61. The van der Waals surface area contributed by atoms with Gasteiger partial charge in [-0.2, -0.15) is 0 Å². The zero-order chi connectivity index (χ0) is 17.5. The monoisotopic (exact) mass is 379 g/mol. The van der Waals surface area contributed by atoms with Crippen molar-refractivity contribution >= 4 is 27.2 Å². The van der Waals surface area contributed by atoms with Crippen LogP contribution in [0.5, 0.6) is 0 Å². The van der Waals surface area contributed by atoms with E-state index in [1.54, 1.807) is 23.6 Å². The van der Waals surface area contributed by atoms with Gasteiger partial charge in [-0.15, -0.1) is 11.3 Å². The molecule has 0 saturated carbocycles. The number of nitrogens with zero attached hydrogens (tertiary/aromatic N) is 1. The van der Waals surface area contributed by atoms with Gasteiger partial charge in [0.15, 0.2) is 0 Å². The minimum atomic E-state index is -3.31. The van der Waals surface area contributed by atoms with Gasteiger partial charge in [-0.3, -0.25) is 4.72 Å². The van der Waals surface area contributed by atoms with E-state index in [1.807, 2.05) is 6.07 Å². The van der Waals surface area contributed by atoms with E-state index in [4.69, 9.17) is 4.74 Å². The molecule has 1 fully saturated rings. The van der Waals surface area contributed by atoms with Crippen molar-refractivity contribution in [3.05, 3.63) is 34.8 Å². The number of nitrogens with one attached hydrogen (secondary N) is 2. The van der Waals surface area contributed by atoms with Gasteiger partial charge in [-0.25, -0.2) is 13.4 Å². The number of ether oxygens (including phenoxy) is 1. The van der Waals surface area contributed by atoms with Crippen molar-refractivity contribution in [2.24, 2.45) is 0 Å². The summed E-state index contributed by atoms with van der Waals surface area (Å²) in [4.78, 5) is 6.74. The molecule has 4 rings (SSSR count). The van der Waals surface area contributed by atoms with Crippen LogP contribution in [0.2, 0.25) is 0 Å². The van der Waals surface area contributed by atoms with Gasteiger partial charge in [0, 0.05) is 21.5 Å². The number of hydrogen-bond acceptors (Lipinski definition) is 6. The molecule has 25 heavy (non-hydrogen) atoms. The molecular weight excluding hydrogens is 358 g/mol. The molecule has 2 aromatic rings. The third kappa shape index (κ3) is 3.44. The van der Waals surface area contributed by atoms with E-state index in [2.05, 4.69) is 21.1 Å². The Kier molecular flexibility index (Phi) is 4.31. The van der Waals surface area contributed by atoms with Gasteiger partial charge in [0.05, 0.1) is 12.9 Å². The highest BCUT2D eigenvalue weighted by Crippen LogP contribution is 2.46. The molecule has 0 aromatic carbocycles. The second kappa shape index (κ2) is 6.35. The van der Waals surface area contributed by atoms with Crippen molar-refractivity contribution in [3.63, 3.8) is 0 Å². The number of pyridine rings is 1. The normalized spacial score (nSPS) is 19.6. The maximum absolute atomic E-state index is 11.3. The Balaban J connectivity index is 1.64. The Bertz CT molecular complexity index is 869. The third-order valence-corrected chi connectivity index (χ3v) is 6.71. The smallest absolute Gasteiger partial charge is 0.230 e. The van der Waals surface area contributed by atoms with E-state index in [-0.39, 0.29) is 5.60 Å². The Morgan fingerprint density at radius 1 is 1.32 bits per heavy atom. The number of piperidine rings is 1. The van der Waals surface area contributed by atoms with E-state index in [0.717, 1.165) is 55.7 Å². The predicted molar refractivity (Wildman–Crippen MR) is 99.5 cm³/mol. The predicted octanol–water partition coefficient (Wildman–Crippen LogP) is 2.33. The largest absolute Gasteiger partial charge is 0.369 e. The molecule has 0 aliphatic carbocycles. The zero-order valence-corrected chi connectivity index (χ0v) is 15.7. The first-order chi connectivity index (χ1) is 12.0. The standard InChI is InChI=1S/C17H21N3O3S2/c1-25(21,22)20-15-3-2-13(11-19-15)14-10-12-4-9-23-17(16(12)24-14)5-7-18-8-6-17/h2-3,10-11,18H,4-9H2,1H3,(H,19,20). The minimum Gasteiger partial charge on any atom is -0.369 e. The summed E-state index contributed by atoms with van der Waals surface area (Å²) in [7, 11) is -3.31. The number of hydrogen-bond donors (Lipinski definition) is 2. The maximum atomic E-state index is 11.3. The summed E-state index contributed by atoms with van der Waals surface area (Å²) < 4.78 is 31.2. The lowest BCUT2D eigenvalue weighted by molar-refractivity contribution is -0.0771. The molecule has 2 N–H and O–H groups in total. The number of sulfonamides is 1. The average Bonchev–Trinajstić information content (AvgIpc) is 3.01. The summed E-state index contributed by atoms with van der Waals surface area (Å²) in [5, 5.41) is 3.41. The lowest BCUT2D eigenvalue weighted by Crippen LogP contribution is -2.43. The van der Waals surface area contributed by atoms with Crippen LogP contribution in [0, 0.1) is 0 Å². The summed E-state index contributed by atoms with van der Waals surface area (Å²) in [5.41, 5.74) is 2.25. The van der Waals surface area contributed by atoms with E-state index in [9.17, 15) is 8.42 Å². The summed E-state index contributed by atoms with van der Waals surface area (Å²) in [5.74, 6) is 0.339.